The summed E-state index contributed by atoms with van der Waals surface area (Å²) in [6, 6.07) is 7.27. The Labute approximate surface area is 134 Å². The van der Waals surface area contributed by atoms with Crippen molar-refractivity contribution in [1.29, 1.82) is 0 Å². The fourth-order valence-electron chi connectivity index (χ4n) is 2.43. The first kappa shape index (κ1) is 15.2. The van der Waals surface area contributed by atoms with Crippen molar-refractivity contribution < 1.29 is 14.3 Å². The van der Waals surface area contributed by atoms with Gasteiger partial charge in [-0.3, -0.25) is 5.32 Å². The molecule has 0 aliphatic carbocycles. The van der Waals surface area contributed by atoms with Gasteiger partial charge in [-0.1, -0.05) is 18.2 Å². The zero-order valence-electron chi connectivity index (χ0n) is 12.8. The number of nitrogens with one attached hydrogen (secondary N) is 2. The van der Waals surface area contributed by atoms with Gasteiger partial charge in [-0.05, 0) is 11.6 Å². The van der Waals surface area contributed by atoms with Crippen LogP contribution in [0, 0.1) is 0 Å². The van der Waals surface area contributed by atoms with Crippen molar-refractivity contribution in [2.24, 2.45) is 0 Å². The van der Waals surface area contributed by atoms with Crippen molar-refractivity contribution in [3.05, 3.63) is 47.4 Å². The smallest absolute Gasteiger partial charge is 0.320 e. The van der Waals surface area contributed by atoms with Gasteiger partial charge in [0.05, 0.1) is 6.61 Å². The predicted octanol–water partition coefficient (Wildman–Crippen LogP) is 1.88. The maximum atomic E-state index is 12.0. The Bertz CT molecular complexity index is 705. The lowest BCUT2D eigenvalue weighted by Gasteiger charge is -2.10. The van der Waals surface area contributed by atoms with E-state index in [1.807, 2.05) is 18.2 Å². The van der Waals surface area contributed by atoms with Crippen LogP contribution in [0.2, 0.25) is 0 Å². The maximum Gasteiger partial charge on any atom is 0.320 e. The minimum atomic E-state index is -0.331. The van der Waals surface area contributed by atoms with Gasteiger partial charge in [-0.25, -0.2) is 14.8 Å². The van der Waals surface area contributed by atoms with E-state index in [2.05, 4.69) is 20.6 Å². The number of carbonyl (C=O) groups excluding carboxylic acids is 1. The zero-order chi connectivity index (χ0) is 16.1. The highest BCUT2D eigenvalue weighted by Crippen LogP contribution is 2.29. The second-order valence-corrected chi connectivity index (χ2v) is 5.10. The van der Waals surface area contributed by atoms with E-state index in [1.54, 1.807) is 19.4 Å². The molecule has 2 N–H and O–H groups in total. The molecule has 1 aromatic heterocycles. The Morgan fingerprint density at radius 3 is 3.17 bits per heavy atom. The van der Waals surface area contributed by atoms with Crippen molar-refractivity contribution in [3.8, 4) is 5.75 Å². The molecular weight excluding hydrogens is 296 g/mol. The molecule has 0 bridgehead atoms. The number of carbonyl (C=O) groups is 1. The van der Waals surface area contributed by atoms with Crippen LogP contribution in [0.4, 0.5) is 10.6 Å². The predicted molar refractivity (Wildman–Crippen MR) is 84.2 cm³/mol. The highest BCUT2D eigenvalue weighted by Gasteiger charge is 2.16. The van der Waals surface area contributed by atoms with Gasteiger partial charge < -0.3 is 14.8 Å². The first-order chi connectivity index (χ1) is 11.3. The normalized spacial score (nSPS) is 12.4. The van der Waals surface area contributed by atoms with E-state index >= 15 is 0 Å². The SMILES string of the molecule is COCc1nccc(NC(=O)NCc2cccc3c2OCC3)n1. The molecular formula is C16H18N4O3. The largest absolute Gasteiger partial charge is 0.493 e. The number of urea groups is 1. The molecule has 0 fully saturated rings. The highest BCUT2D eigenvalue weighted by molar-refractivity contribution is 5.88. The molecule has 7 nitrogen and oxygen atoms in total. The van der Waals surface area contributed by atoms with E-state index in [9.17, 15) is 4.79 Å². The van der Waals surface area contributed by atoms with E-state index in [0.717, 1.165) is 17.7 Å². The van der Waals surface area contributed by atoms with Crippen LogP contribution in [0.3, 0.4) is 0 Å². The van der Waals surface area contributed by atoms with Crippen LogP contribution < -0.4 is 15.4 Å². The highest BCUT2D eigenvalue weighted by atomic mass is 16.5. The number of benzene rings is 1. The molecule has 1 aliphatic heterocycles. The molecule has 120 valence electrons. The fraction of sp³-hybridized carbons (Fsp3) is 0.312. The lowest BCUT2D eigenvalue weighted by Crippen LogP contribution is -2.28. The summed E-state index contributed by atoms with van der Waals surface area (Å²) in [7, 11) is 1.57. The number of fused-ring (bicyclic) bond motifs is 1. The Morgan fingerprint density at radius 2 is 2.30 bits per heavy atom. The van der Waals surface area contributed by atoms with Crippen LogP contribution in [0.5, 0.6) is 5.75 Å². The maximum absolute atomic E-state index is 12.0. The Morgan fingerprint density at radius 1 is 1.39 bits per heavy atom. The van der Waals surface area contributed by atoms with Gasteiger partial charge in [-0.15, -0.1) is 0 Å². The average molecular weight is 314 g/mol. The van der Waals surface area contributed by atoms with Crippen molar-refractivity contribution in [2.75, 3.05) is 19.0 Å². The van der Waals surface area contributed by atoms with Gasteiger partial charge in [0.25, 0.3) is 0 Å². The van der Waals surface area contributed by atoms with Gasteiger partial charge in [0.1, 0.15) is 18.2 Å². The molecule has 0 unspecified atom stereocenters. The molecule has 2 heterocycles. The van der Waals surface area contributed by atoms with Crippen LogP contribution in [0.15, 0.2) is 30.5 Å². The third kappa shape index (κ3) is 3.75. The molecule has 0 spiro atoms. The molecule has 0 saturated heterocycles. The summed E-state index contributed by atoms with van der Waals surface area (Å²) in [5, 5.41) is 5.49. The summed E-state index contributed by atoms with van der Waals surface area (Å²) in [4.78, 5) is 20.2. The quantitative estimate of drug-likeness (QED) is 0.880. The summed E-state index contributed by atoms with van der Waals surface area (Å²) in [5.41, 5.74) is 2.16. The minimum Gasteiger partial charge on any atom is -0.493 e. The van der Waals surface area contributed by atoms with Crippen molar-refractivity contribution in [2.45, 2.75) is 19.6 Å². The monoisotopic (exact) mass is 314 g/mol. The summed E-state index contributed by atoms with van der Waals surface area (Å²) < 4.78 is 10.6. The average Bonchev–Trinajstić information content (AvgIpc) is 3.03. The molecule has 1 aromatic carbocycles. The number of ether oxygens (including phenoxy) is 2. The third-order valence-electron chi connectivity index (χ3n) is 3.46. The summed E-state index contributed by atoms with van der Waals surface area (Å²) in [6.45, 7) is 1.39. The molecule has 2 aromatic rings. The van der Waals surface area contributed by atoms with Crippen LogP contribution in [-0.4, -0.2) is 29.7 Å². The van der Waals surface area contributed by atoms with E-state index in [4.69, 9.17) is 9.47 Å². The summed E-state index contributed by atoms with van der Waals surface area (Å²) in [5.74, 6) is 1.83. The number of nitrogens with zero attached hydrogens (tertiary/aromatic N) is 2. The van der Waals surface area contributed by atoms with Crippen LogP contribution in [-0.2, 0) is 24.3 Å². The molecule has 1 aliphatic rings. The molecule has 7 heteroatoms. The van der Waals surface area contributed by atoms with E-state index in [-0.39, 0.29) is 6.03 Å². The van der Waals surface area contributed by atoms with Crippen LogP contribution >= 0.6 is 0 Å². The molecule has 2 amide bonds. The Kier molecular flexibility index (Phi) is 4.68. The topological polar surface area (TPSA) is 85.4 Å². The van der Waals surface area contributed by atoms with Gasteiger partial charge in [0.2, 0.25) is 0 Å². The van der Waals surface area contributed by atoms with Gasteiger partial charge in [0, 0.05) is 31.8 Å². The number of methoxy groups -OCH3 is 1. The zero-order valence-corrected chi connectivity index (χ0v) is 12.8. The van der Waals surface area contributed by atoms with Crippen LogP contribution in [0.25, 0.3) is 0 Å². The second kappa shape index (κ2) is 7.06. The number of aromatic nitrogens is 2. The first-order valence-electron chi connectivity index (χ1n) is 7.35. The number of rotatable bonds is 5. The lowest BCUT2D eigenvalue weighted by molar-refractivity contribution is 0.178. The second-order valence-electron chi connectivity index (χ2n) is 5.10. The number of anilines is 1. The van der Waals surface area contributed by atoms with Crippen molar-refractivity contribution in [1.82, 2.24) is 15.3 Å². The molecule has 0 atom stereocenters. The molecule has 0 radical (unpaired) electrons. The standard InChI is InChI=1S/C16H18N4O3/c1-22-10-14-17-7-5-13(19-14)20-16(21)18-9-12-4-2-3-11-6-8-23-15(11)12/h2-5,7H,6,8-10H2,1H3,(H2,17,18,19,20,21). The Balaban J connectivity index is 1.58. The number of hydrogen-bond donors (Lipinski definition) is 2. The summed E-state index contributed by atoms with van der Waals surface area (Å²) >= 11 is 0. The molecule has 0 saturated carbocycles. The summed E-state index contributed by atoms with van der Waals surface area (Å²) in [6.07, 6.45) is 2.49. The fourth-order valence-corrected chi connectivity index (χ4v) is 2.43. The van der Waals surface area contributed by atoms with Gasteiger partial charge >= 0.3 is 6.03 Å². The number of hydrogen-bond acceptors (Lipinski definition) is 5. The van der Waals surface area contributed by atoms with Crippen LogP contribution in [0.1, 0.15) is 17.0 Å². The molecule has 3 rings (SSSR count). The number of para-hydroxylation sites is 1. The van der Waals surface area contributed by atoms with E-state index < -0.39 is 0 Å². The van der Waals surface area contributed by atoms with E-state index in [1.165, 1.54) is 5.56 Å². The van der Waals surface area contributed by atoms with Gasteiger partial charge in [-0.2, -0.15) is 0 Å². The lowest BCUT2D eigenvalue weighted by atomic mass is 10.1. The Hall–Kier alpha value is -2.67. The molecule has 23 heavy (non-hydrogen) atoms. The third-order valence-corrected chi connectivity index (χ3v) is 3.46. The number of amides is 2. The van der Waals surface area contributed by atoms with Crippen molar-refractivity contribution in [3.63, 3.8) is 0 Å². The van der Waals surface area contributed by atoms with Crippen molar-refractivity contribution >= 4 is 11.8 Å². The first-order valence-corrected chi connectivity index (χ1v) is 7.35. The van der Waals surface area contributed by atoms with Gasteiger partial charge in [0.15, 0.2) is 5.82 Å². The van der Waals surface area contributed by atoms with E-state index in [0.29, 0.717) is 31.4 Å². The minimum absolute atomic E-state index is 0.296.